The first-order chi connectivity index (χ1) is 25.3. The number of rotatable bonds is 13. The Morgan fingerprint density at radius 1 is 0.907 bits per heavy atom. The highest BCUT2D eigenvalue weighted by molar-refractivity contribution is 6.30. The van der Waals surface area contributed by atoms with E-state index in [4.69, 9.17) is 21.4 Å². The number of hydrogen-bond donors (Lipinski definition) is 2. The molecular formula is C45H67ClN2O6. The summed E-state index contributed by atoms with van der Waals surface area (Å²) >= 11 is 6.22. The summed E-state index contributed by atoms with van der Waals surface area (Å²) in [5.74, 6) is 0.648. The van der Waals surface area contributed by atoms with Gasteiger partial charge in [-0.1, -0.05) is 70.8 Å². The van der Waals surface area contributed by atoms with E-state index in [-0.39, 0.29) is 46.9 Å². The summed E-state index contributed by atoms with van der Waals surface area (Å²) in [5, 5.41) is 22.4. The van der Waals surface area contributed by atoms with E-state index in [2.05, 4.69) is 77.6 Å². The van der Waals surface area contributed by atoms with Gasteiger partial charge in [-0.15, -0.1) is 0 Å². The smallest absolute Gasteiger partial charge is 0.306 e. The summed E-state index contributed by atoms with van der Waals surface area (Å²) in [6.45, 7) is 16.9. The Labute approximate surface area is 329 Å². The quantitative estimate of drug-likeness (QED) is 0.193. The third-order valence-corrected chi connectivity index (χ3v) is 15.9. The van der Waals surface area contributed by atoms with Crippen LogP contribution in [0.1, 0.15) is 118 Å². The molecule has 4 fully saturated rings. The Balaban J connectivity index is 1.26. The second-order valence-electron chi connectivity index (χ2n) is 19.6. The first-order valence-corrected chi connectivity index (χ1v) is 21.2. The summed E-state index contributed by atoms with van der Waals surface area (Å²) < 4.78 is 6.04. The van der Waals surface area contributed by atoms with Crippen molar-refractivity contribution in [3.8, 4) is 0 Å². The highest BCUT2D eigenvalue weighted by Gasteiger charge is 2.67. The predicted octanol–water partition coefficient (Wildman–Crippen LogP) is 8.43. The number of ketones is 1. The zero-order valence-electron chi connectivity index (χ0n) is 34.3. The molecule has 1 aromatic carbocycles. The molecule has 2 N–H and O–H groups in total. The lowest BCUT2D eigenvalue weighted by Gasteiger charge is -2.69. The van der Waals surface area contributed by atoms with Crippen molar-refractivity contribution in [1.82, 2.24) is 9.80 Å². The number of nitrogens with zero attached hydrogens (tertiary/aromatic N) is 2. The maximum absolute atomic E-state index is 14.2. The van der Waals surface area contributed by atoms with Crippen LogP contribution in [0.3, 0.4) is 0 Å². The number of esters is 1. The summed E-state index contributed by atoms with van der Waals surface area (Å²) in [6.07, 6.45) is 7.26. The maximum atomic E-state index is 14.2. The fourth-order valence-electron chi connectivity index (χ4n) is 13.2. The molecule has 5 aliphatic carbocycles. The van der Waals surface area contributed by atoms with E-state index in [1.807, 2.05) is 12.1 Å². The van der Waals surface area contributed by atoms with E-state index in [9.17, 15) is 19.5 Å². The van der Waals surface area contributed by atoms with Crippen LogP contribution in [-0.4, -0.2) is 83.7 Å². The number of carbonyl (C=O) groups is 3. The topological polar surface area (TPSA) is 107 Å². The number of benzene rings is 1. The molecule has 0 spiro atoms. The van der Waals surface area contributed by atoms with Gasteiger partial charge in [0.2, 0.25) is 0 Å². The molecule has 1 aromatic rings. The molecule has 6 rings (SSSR count). The molecule has 0 radical (unpaired) electrons. The van der Waals surface area contributed by atoms with E-state index in [1.165, 1.54) is 5.57 Å². The Morgan fingerprint density at radius 2 is 1.59 bits per heavy atom. The van der Waals surface area contributed by atoms with Crippen molar-refractivity contribution in [1.29, 1.82) is 0 Å². The maximum Gasteiger partial charge on any atom is 0.306 e. The predicted molar refractivity (Wildman–Crippen MR) is 213 cm³/mol. The number of carbonyl (C=O) groups excluding carboxylic acids is 2. The Morgan fingerprint density at radius 3 is 2.24 bits per heavy atom. The molecular weight excluding hydrogens is 700 g/mol. The largest absolute Gasteiger partial charge is 0.481 e. The Hall–Kier alpha value is -2.26. The summed E-state index contributed by atoms with van der Waals surface area (Å²) in [4.78, 5) is 42.5. The van der Waals surface area contributed by atoms with E-state index in [1.54, 1.807) is 0 Å². The number of aliphatic hydroxyl groups excluding tert-OH is 1. The number of halogens is 1. The summed E-state index contributed by atoms with van der Waals surface area (Å²) in [6, 6.07) is 8.00. The monoisotopic (exact) mass is 766 g/mol. The Kier molecular flexibility index (Phi) is 11.9. The van der Waals surface area contributed by atoms with Crippen LogP contribution in [-0.2, 0) is 25.7 Å². The number of carboxylic acids is 1. The van der Waals surface area contributed by atoms with Crippen LogP contribution in [0, 0.1) is 51.2 Å². The van der Waals surface area contributed by atoms with Gasteiger partial charge >= 0.3 is 11.9 Å². The number of ether oxygens (including phenoxy) is 1. The van der Waals surface area contributed by atoms with Gasteiger partial charge in [0.05, 0.1) is 18.9 Å². The average molecular weight is 767 g/mol. The third kappa shape index (κ3) is 7.47. The lowest BCUT2D eigenvalue weighted by atomic mass is 9.36. The zero-order valence-corrected chi connectivity index (χ0v) is 35.0. The van der Waals surface area contributed by atoms with Crippen LogP contribution < -0.4 is 0 Å². The third-order valence-electron chi connectivity index (χ3n) is 15.7. The normalized spacial score (nSPS) is 35.1. The fourth-order valence-corrected chi connectivity index (χ4v) is 13.4. The molecule has 9 atom stereocenters. The highest BCUT2D eigenvalue weighted by atomic mass is 35.5. The molecule has 0 saturated heterocycles. The summed E-state index contributed by atoms with van der Waals surface area (Å²) in [7, 11) is 4.17. The molecule has 8 nitrogen and oxygen atoms in total. The minimum atomic E-state index is -0.978. The van der Waals surface area contributed by atoms with Gasteiger partial charge in [-0.3, -0.25) is 19.3 Å². The molecule has 5 aliphatic rings. The van der Waals surface area contributed by atoms with Crippen molar-refractivity contribution in [2.75, 3.05) is 33.7 Å². The molecule has 54 heavy (non-hydrogen) atoms. The van der Waals surface area contributed by atoms with E-state index >= 15 is 0 Å². The fraction of sp³-hybridized carbons (Fsp3) is 0.756. The van der Waals surface area contributed by atoms with Crippen LogP contribution in [0.5, 0.6) is 0 Å². The number of aliphatic carboxylic acids is 1. The van der Waals surface area contributed by atoms with Gasteiger partial charge in [0.15, 0.2) is 5.78 Å². The van der Waals surface area contributed by atoms with Crippen LogP contribution in [0.15, 0.2) is 35.4 Å². The lowest BCUT2D eigenvalue weighted by molar-refractivity contribution is -0.214. The van der Waals surface area contributed by atoms with Crippen molar-refractivity contribution in [2.24, 2.45) is 51.2 Å². The van der Waals surface area contributed by atoms with Gasteiger partial charge in [0.1, 0.15) is 6.10 Å². The molecule has 0 amide bonds. The number of aliphatic hydroxyl groups is 1. The van der Waals surface area contributed by atoms with Crippen molar-refractivity contribution in [3.63, 3.8) is 0 Å². The second-order valence-corrected chi connectivity index (χ2v) is 20.1. The molecule has 8 unspecified atom stereocenters. The first-order valence-electron chi connectivity index (χ1n) is 20.8. The number of allylic oxidation sites excluding steroid dienone is 1. The van der Waals surface area contributed by atoms with E-state index in [0.29, 0.717) is 48.2 Å². The minimum Gasteiger partial charge on any atom is -0.481 e. The minimum absolute atomic E-state index is 0.0863. The van der Waals surface area contributed by atoms with Gasteiger partial charge in [-0.2, -0.15) is 0 Å². The number of Topliss-reactive ketones (excluding diaryl/α,β-unsaturated/α-hetero) is 1. The standard InChI is InChI=1S/C45H67ClN2O6/c1-28(2)40-33(49)25-45(36(50)27-48(24-23-47(7)8)26-29-9-11-30(46)12-10-29)22-17-32-31(41(40)45)13-14-35-43(32,5)20-18-34-42(3,4)37(19-21-44(34,35)6)54-39(53)16-15-38(51)52/h9-12,28,31-32,34-37,50H,13-27H2,1-8H3,(H,51,52)/t31?,32?,34?,35?,36-,37?,43?,44?,45?/m0/s1. The number of fused-ring (bicyclic) bond motifs is 7. The van der Waals surface area contributed by atoms with Gasteiger partial charge in [0.25, 0.3) is 0 Å². The van der Waals surface area contributed by atoms with Crippen molar-refractivity contribution < 1.29 is 29.3 Å². The van der Waals surface area contributed by atoms with E-state index in [0.717, 1.165) is 75.6 Å². The van der Waals surface area contributed by atoms with Crippen LogP contribution in [0.2, 0.25) is 5.02 Å². The first kappa shape index (κ1) is 41.4. The SMILES string of the molecule is CC(C)C1=C2C3CCC4C(C)(CCC5C(C)(C)C(OC(=O)CCC(=O)O)CCC54C)C3CCC2([C@@H](O)CN(CCN(C)C)Cc2ccc(Cl)cc2)CC1=O. The molecule has 0 aliphatic heterocycles. The molecule has 300 valence electrons. The Bertz CT molecular complexity index is 1600. The van der Waals surface area contributed by atoms with Gasteiger partial charge in [-0.25, -0.2) is 0 Å². The van der Waals surface area contributed by atoms with Crippen molar-refractivity contribution in [2.45, 2.75) is 131 Å². The molecule has 9 heteroatoms. The lowest BCUT2D eigenvalue weighted by Crippen LogP contribution is -2.63. The van der Waals surface area contributed by atoms with Gasteiger partial charge in [-0.05, 0) is 129 Å². The number of hydrogen-bond acceptors (Lipinski definition) is 7. The van der Waals surface area contributed by atoms with E-state index < -0.39 is 23.5 Å². The average Bonchev–Trinajstić information content (AvgIpc) is 3.42. The molecule has 0 heterocycles. The number of carboxylic acid groups (broad SMARTS) is 1. The van der Waals surface area contributed by atoms with Crippen molar-refractivity contribution in [3.05, 3.63) is 46.0 Å². The molecule has 0 bridgehead atoms. The van der Waals surface area contributed by atoms with Crippen LogP contribution >= 0.6 is 11.6 Å². The molecule has 4 saturated carbocycles. The molecule has 0 aromatic heterocycles. The second kappa shape index (κ2) is 15.6. The highest BCUT2D eigenvalue weighted by Crippen LogP contribution is 2.73. The van der Waals surface area contributed by atoms with Crippen LogP contribution in [0.4, 0.5) is 0 Å². The van der Waals surface area contributed by atoms with Gasteiger partial charge < -0.3 is 19.8 Å². The van der Waals surface area contributed by atoms with Gasteiger partial charge in [0, 0.05) is 48.5 Å². The zero-order chi connectivity index (χ0) is 39.4. The summed E-state index contributed by atoms with van der Waals surface area (Å²) in [5.41, 5.74) is 2.95. The van der Waals surface area contributed by atoms with Crippen LogP contribution in [0.25, 0.3) is 0 Å². The number of likely N-dealkylation sites (N-methyl/N-ethyl adjacent to an activating group) is 1. The van der Waals surface area contributed by atoms with Crippen molar-refractivity contribution >= 4 is 29.3 Å².